The Morgan fingerprint density at radius 2 is 2.38 bits per heavy atom. The molecule has 0 aliphatic carbocycles. The molecule has 3 nitrogen and oxygen atoms in total. The van der Waals surface area contributed by atoms with Crippen LogP contribution in [0.25, 0.3) is 0 Å². The molecule has 8 heavy (non-hydrogen) atoms. The Morgan fingerprint density at radius 1 is 1.75 bits per heavy atom. The van der Waals surface area contributed by atoms with E-state index in [0.717, 1.165) is 0 Å². The van der Waals surface area contributed by atoms with Crippen LogP contribution in [0.15, 0.2) is 0 Å². The molecule has 0 saturated heterocycles. The molecule has 0 radical (unpaired) electrons. The number of rotatable bonds is 3. The van der Waals surface area contributed by atoms with E-state index in [1.807, 2.05) is 0 Å². The first kappa shape index (κ1) is 7.43. The van der Waals surface area contributed by atoms with Gasteiger partial charge in [-0.05, 0) is 0 Å². The van der Waals surface area contributed by atoms with Gasteiger partial charge in [-0.25, -0.2) is 0 Å². The van der Waals surface area contributed by atoms with Crippen molar-refractivity contribution in [1.29, 1.82) is 0 Å². The Hall–Kier alpha value is -0.570. The zero-order valence-electron chi connectivity index (χ0n) is 4.19. The summed E-state index contributed by atoms with van der Waals surface area (Å²) in [7, 11) is 0. The van der Waals surface area contributed by atoms with Crippen LogP contribution in [0.5, 0.6) is 0 Å². The molecule has 0 spiro atoms. The topological polar surface area (TPSA) is 46.2 Å². The Balaban J connectivity index is 3.11. The smallest absolute Gasteiger partial charge is 0.284 e. The molecule has 1 N–H and O–H groups in total. The van der Waals surface area contributed by atoms with Crippen LogP contribution in [0, 0.1) is 0 Å². The molecule has 46 valence electrons. The van der Waals surface area contributed by atoms with Gasteiger partial charge in [0, 0.05) is 12.4 Å². The van der Waals surface area contributed by atoms with E-state index >= 15 is 0 Å². The Kier molecular flexibility index (Phi) is 4.26. The Morgan fingerprint density at radius 3 is 2.75 bits per heavy atom. The van der Waals surface area contributed by atoms with Crippen LogP contribution in [0.2, 0.25) is 0 Å². The SMILES string of the molecule is O=CC(=O)NCCCl. The summed E-state index contributed by atoms with van der Waals surface area (Å²) in [6.45, 7) is 0.346. The van der Waals surface area contributed by atoms with Gasteiger partial charge in [0.2, 0.25) is 6.29 Å². The fourth-order valence-corrected chi connectivity index (χ4v) is 0.307. The van der Waals surface area contributed by atoms with E-state index in [2.05, 4.69) is 5.32 Å². The molecule has 0 atom stereocenters. The van der Waals surface area contributed by atoms with E-state index < -0.39 is 5.91 Å². The summed E-state index contributed by atoms with van der Waals surface area (Å²) in [5.74, 6) is -0.287. The first-order valence-corrected chi connectivity index (χ1v) is 2.63. The van der Waals surface area contributed by atoms with E-state index in [4.69, 9.17) is 11.6 Å². The lowest BCUT2D eigenvalue weighted by Crippen LogP contribution is -2.25. The summed E-state index contributed by atoms with van der Waals surface area (Å²) in [6.07, 6.45) is 0.215. The van der Waals surface area contributed by atoms with E-state index in [-0.39, 0.29) is 6.29 Å². The van der Waals surface area contributed by atoms with Gasteiger partial charge in [0.15, 0.2) is 0 Å². The first-order chi connectivity index (χ1) is 3.81. The van der Waals surface area contributed by atoms with Crippen molar-refractivity contribution in [3.05, 3.63) is 0 Å². The highest BCUT2D eigenvalue weighted by Gasteiger charge is 1.91. The van der Waals surface area contributed by atoms with Gasteiger partial charge in [-0.3, -0.25) is 9.59 Å². The van der Waals surface area contributed by atoms with Crippen molar-refractivity contribution >= 4 is 23.8 Å². The van der Waals surface area contributed by atoms with Gasteiger partial charge in [-0.15, -0.1) is 11.6 Å². The van der Waals surface area contributed by atoms with Crippen LogP contribution in [0.3, 0.4) is 0 Å². The van der Waals surface area contributed by atoms with Crippen LogP contribution >= 0.6 is 11.6 Å². The minimum Gasteiger partial charge on any atom is -0.349 e. The van der Waals surface area contributed by atoms with Crippen molar-refractivity contribution in [3.63, 3.8) is 0 Å². The molecule has 0 saturated carbocycles. The summed E-state index contributed by atoms with van der Waals surface area (Å²) < 4.78 is 0. The maximum atomic E-state index is 10.0. The predicted octanol–water partition coefficient (Wildman–Crippen LogP) is -0.460. The number of hydrogen-bond donors (Lipinski definition) is 1. The molecule has 0 aromatic rings. The molecule has 0 aliphatic rings. The monoisotopic (exact) mass is 135 g/mol. The fraction of sp³-hybridized carbons (Fsp3) is 0.500. The van der Waals surface area contributed by atoms with Gasteiger partial charge in [-0.1, -0.05) is 0 Å². The van der Waals surface area contributed by atoms with Gasteiger partial charge in [0.25, 0.3) is 5.91 Å². The second-order valence-electron chi connectivity index (χ2n) is 1.10. The molecule has 0 aromatic carbocycles. The van der Waals surface area contributed by atoms with E-state index in [0.29, 0.717) is 12.4 Å². The van der Waals surface area contributed by atoms with Crippen molar-refractivity contribution in [1.82, 2.24) is 5.32 Å². The number of alkyl halides is 1. The number of aldehydes is 1. The second-order valence-corrected chi connectivity index (χ2v) is 1.48. The molecule has 0 aromatic heterocycles. The number of carbonyl (C=O) groups excluding carboxylic acids is 2. The highest BCUT2D eigenvalue weighted by molar-refractivity contribution is 6.24. The van der Waals surface area contributed by atoms with Gasteiger partial charge in [0.1, 0.15) is 0 Å². The zero-order valence-corrected chi connectivity index (χ0v) is 4.94. The molecule has 4 heteroatoms. The maximum Gasteiger partial charge on any atom is 0.284 e. The van der Waals surface area contributed by atoms with Gasteiger partial charge in [0.05, 0.1) is 0 Å². The molecule has 0 aliphatic heterocycles. The minimum atomic E-state index is -0.620. The summed E-state index contributed by atoms with van der Waals surface area (Å²) in [5, 5.41) is 2.24. The standard InChI is InChI=1S/C4H6ClNO2/c5-1-2-6-4(8)3-7/h3H,1-2H2,(H,6,8). The molecule has 0 fully saturated rings. The fourth-order valence-electron chi connectivity index (χ4n) is 0.212. The largest absolute Gasteiger partial charge is 0.349 e. The van der Waals surface area contributed by atoms with Gasteiger partial charge in [-0.2, -0.15) is 0 Å². The molecular weight excluding hydrogens is 130 g/mol. The molecule has 0 heterocycles. The first-order valence-electron chi connectivity index (χ1n) is 2.10. The van der Waals surface area contributed by atoms with Crippen LogP contribution in [0.1, 0.15) is 0 Å². The highest BCUT2D eigenvalue weighted by atomic mass is 35.5. The van der Waals surface area contributed by atoms with Crippen LogP contribution in [0.4, 0.5) is 0 Å². The third-order valence-corrected chi connectivity index (χ3v) is 0.690. The van der Waals surface area contributed by atoms with Gasteiger partial charge < -0.3 is 5.32 Å². The molecule has 0 rings (SSSR count). The third-order valence-electron chi connectivity index (χ3n) is 0.501. The summed E-state index contributed by atoms with van der Waals surface area (Å²) in [5.41, 5.74) is 0. The number of halogens is 1. The third kappa shape index (κ3) is 3.61. The number of amides is 1. The van der Waals surface area contributed by atoms with Crippen LogP contribution < -0.4 is 5.32 Å². The van der Waals surface area contributed by atoms with E-state index in [1.165, 1.54) is 0 Å². The average molecular weight is 136 g/mol. The normalized spacial score (nSPS) is 8.12. The maximum absolute atomic E-state index is 10.0. The molecular formula is C4H6ClNO2. The van der Waals surface area contributed by atoms with E-state index in [9.17, 15) is 9.59 Å². The van der Waals surface area contributed by atoms with Crippen molar-refractivity contribution in [3.8, 4) is 0 Å². The summed E-state index contributed by atoms with van der Waals surface area (Å²) in [6, 6.07) is 0. The lowest BCUT2D eigenvalue weighted by molar-refractivity contribution is -0.131. The molecule has 1 amide bonds. The zero-order chi connectivity index (χ0) is 6.41. The summed E-state index contributed by atoms with van der Waals surface area (Å²) in [4.78, 5) is 19.6. The van der Waals surface area contributed by atoms with Crippen molar-refractivity contribution in [2.75, 3.05) is 12.4 Å². The summed E-state index contributed by atoms with van der Waals surface area (Å²) >= 11 is 5.17. The predicted molar refractivity (Wildman–Crippen MR) is 29.8 cm³/mol. The highest BCUT2D eigenvalue weighted by Crippen LogP contribution is 1.67. The minimum absolute atomic E-state index is 0.215. The molecule has 0 bridgehead atoms. The average Bonchev–Trinajstić information content (AvgIpc) is 1.83. The van der Waals surface area contributed by atoms with Crippen molar-refractivity contribution < 1.29 is 9.59 Å². The Bertz CT molecular complexity index is 94.0. The number of carbonyl (C=O) groups is 2. The lowest BCUT2D eigenvalue weighted by atomic mass is 10.6. The number of hydrogen-bond acceptors (Lipinski definition) is 2. The van der Waals surface area contributed by atoms with Gasteiger partial charge >= 0.3 is 0 Å². The second kappa shape index (κ2) is 4.59. The number of nitrogens with one attached hydrogen (secondary N) is 1. The Labute approximate surface area is 52.0 Å². The molecule has 0 unspecified atom stereocenters. The van der Waals surface area contributed by atoms with Crippen LogP contribution in [-0.4, -0.2) is 24.6 Å². The van der Waals surface area contributed by atoms with E-state index in [1.54, 1.807) is 0 Å². The lowest BCUT2D eigenvalue weighted by Gasteiger charge is -1.91. The quantitative estimate of drug-likeness (QED) is 0.323. The van der Waals surface area contributed by atoms with Crippen molar-refractivity contribution in [2.45, 2.75) is 0 Å². The van der Waals surface area contributed by atoms with Crippen LogP contribution in [-0.2, 0) is 9.59 Å². The van der Waals surface area contributed by atoms with Crippen molar-refractivity contribution in [2.24, 2.45) is 0 Å².